The summed E-state index contributed by atoms with van der Waals surface area (Å²) < 4.78 is 5.00. The minimum Gasteiger partial charge on any atom is -0.385 e. The van der Waals surface area contributed by atoms with Crippen LogP contribution in [-0.4, -0.2) is 49.4 Å². The minimum atomic E-state index is -0.343. The van der Waals surface area contributed by atoms with E-state index in [2.05, 4.69) is 0 Å². The van der Waals surface area contributed by atoms with Crippen molar-refractivity contribution in [1.29, 1.82) is 0 Å². The summed E-state index contributed by atoms with van der Waals surface area (Å²) in [6, 6.07) is 12.7. The van der Waals surface area contributed by atoms with Crippen LogP contribution in [0.2, 0.25) is 0 Å². The molecule has 6 heteroatoms. The Kier molecular flexibility index (Phi) is 4.96. The maximum absolute atomic E-state index is 13.1. The monoisotopic (exact) mass is 378 g/mol. The van der Waals surface area contributed by atoms with Gasteiger partial charge in [-0.3, -0.25) is 19.3 Å². The van der Waals surface area contributed by atoms with Crippen molar-refractivity contribution in [2.75, 3.05) is 31.7 Å². The van der Waals surface area contributed by atoms with E-state index in [9.17, 15) is 14.4 Å². The molecule has 0 aliphatic carbocycles. The van der Waals surface area contributed by atoms with Gasteiger partial charge in [0.15, 0.2) is 0 Å². The number of fused-ring (bicyclic) bond motifs is 2. The van der Waals surface area contributed by atoms with E-state index in [0.717, 1.165) is 24.1 Å². The Morgan fingerprint density at radius 2 is 1.86 bits per heavy atom. The number of para-hydroxylation sites is 1. The second kappa shape index (κ2) is 7.56. The van der Waals surface area contributed by atoms with Gasteiger partial charge in [0.05, 0.1) is 11.1 Å². The van der Waals surface area contributed by atoms with E-state index in [4.69, 9.17) is 4.74 Å². The van der Waals surface area contributed by atoms with Crippen molar-refractivity contribution >= 4 is 23.4 Å². The quantitative estimate of drug-likeness (QED) is 0.593. The van der Waals surface area contributed by atoms with E-state index in [-0.39, 0.29) is 17.7 Å². The molecule has 0 radical (unpaired) electrons. The fraction of sp³-hybridized carbons (Fsp3) is 0.318. The highest BCUT2D eigenvalue weighted by Gasteiger charge is 2.36. The summed E-state index contributed by atoms with van der Waals surface area (Å²) in [5.74, 6) is -0.795. The summed E-state index contributed by atoms with van der Waals surface area (Å²) in [5, 5.41) is 0. The molecule has 3 amide bonds. The maximum Gasteiger partial charge on any atom is 0.261 e. The molecule has 2 heterocycles. The Morgan fingerprint density at radius 3 is 2.68 bits per heavy atom. The van der Waals surface area contributed by atoms with Crippen LogP contribution >= 0.6 is 0 Å². The SMILES string of the molecule is COCCCN1C(=O)c2ccc(C(=O)N3CCCc4ccccc43)cc2C1=O. The molecule has 144 valence electrons. The number of methoxy groups -OCH3 is 1. The third kappa shape index (κ3) is 3.10. The second-order valence-corrected chi connectivity index (χ2v) is 7.06. The van der Waals surface area contributed by atoms with Crippen LogP contribution in [0.15, 0.2) is 42.5 Å². The molecule has 2 aromatic carbocycles. The Bertz CT molecular complexity index is 953. The van der Waals surface area contributed by atoms with Gasteiger partial charge in [-0.15, -0.1) is 0 Å². The van der Waals surface area contributed by atoms with Gasteiger partial charge < -0.3 is 9.64 Å². The highest BCUT2D eigenvalue weighted by molar-refractivity contribution is 6.22. The molecule has 2 aliphatic rings. The molecule has 6 nitrogen and oxygen atoms in total. The highest BCUT2D eigenvalue weighted by atomic mass is 16.5. The molecule has 0 atom stereocenters. The third-order valence-electron chi connectivity index (χ3n) is 5.30. The normalized spacial score (nSPS) is 15.6. The molecule has 28 heavy (non-hydrogen) atoms. The van der Waals surface area contributed by atoms with Gasteiger partial charge in [0, 0.05) is 38.1 Å². The third-order valence-corrected chi connectivity index (χ3v) is 5.30. The predicted octanol–water partition coefficient (Wildman–Crippen LogP) is 2.91. The zero-order valence-corrected chi connectivity index (χ0v) is 15.8. The number of carbonyl (C=O) groups excluding carboxylic acids is 3. The van der Waals surface area contributed by atoms with E-state index in [1.54, 1.807) is 30.2 Å². The molecular weight excluding hydrogens is 356 g/mol. The second-order valence-electron chi connectivity index (χ2n) is 7.06. The summed E-state index contributed by atoms with van der Waals surface area (Å²) in [5.41, 5.74) is 3.16. The van der Waals surface area contributed by atoms with Crippen LogP contribution in [0, 0.1) is 0 Å². The Morgan fingerprint density at radius 1 is 1.07 bits per heavy atom. The van der Waals surface area contributed by atoms with Crippen molar-refractivity contribution in [3.63, 3.8) is 0 Å². The van der Waals surface area contributed by atoms with Crippen molar-refractivity contribution in [2.24, 2.45) is 0 Å². The lowest BCUT2D eigenvalue weighted by Gasteiger charge is -2.29. The van der Waals surface area contributed by atoms with E-state index in [1.165, 1.54) is 4.90 Å². The first-order valence-corrected chi connectivity index (χ1v) is 9.51. The van der Waals surface area contributed by atoms with Crippen LogP contribution < -0.4 is 4.90 Å². The molecule has 4 rings (SSSR count). The zero-order valence-electron chi connectivity index (χ0n) is 15.8. The molecule has 0 spiro atoms. The lowest BCUT2D eigenvalue weighted by molar-refractivity contribution is 0.0638. The van der Waals surface area contributed by atoms with Crippen LogP contribution in [0.3, 0.4) is 0 Å². The summed E-state index contributed by atoms with van der Waals surface area (Å²) in [7, 11) is 1.58. The first-order chi connectivity index (χ1) is 13.6. The average Bonchev–Trinajstić information content (AvgIpc) is 2.97. The van der Waals surface area contributed by atoms with Crippen molar-refractivity contribution in [3.05, 3.63) is 64.7 Å². The molecule has 0 aromatic heterocycles. The van der Waals surface area contributed by atoms with Crippen LogP contribution in [0.1, 0.15) is 49.5 Å². The van der Waals surface area contributed by atoms with Crippen molar-refractivity contribution in [1.82, 2.24) is 4.90 Å². The number of benzene rings is 2. The molecule has 0 N–H and O–H groups in total. The van der Waals surface area contributed by atoms with Crippen LogP contribution in [0.25, 0.3) is 0 Å². The van der Waals surface area contributed by atoms with Gasteiger partial charge in [-0.25, -0.2) is 0 Å². The molecule has 2 aliphatic heterocycles. The van der Waals surface area contributed by atoms with Crippen LogP contribution in [0.5, 0.6) is 0 Å². The van der Waals surface area contributed by atoms with Gasteiger partial charge in [-0.05, 0) is 49.1 Å². The maximum atomic E-state index is 13.1. The molecule has 0 bridgehead atoms. The fourth-order valence-corrected chi connectivity index (χ4v) is 3.89. The van der Waals surface area contributed by atoms with Gasteiger partial charge in [-0.2, -0.15) is 0 Å². The van der Waals surface area contributed by atoms with Gasteiger partial charge >= 0.3 is 0 Å². The largest absolute Gasteiger partial charge is 0.385 e. The molecular formula is C22H22N2O4. The van der Waals surface area contributed by atoms with Crippen molar-refractivity contribution in [3.8, 4) is 0 Å². The first-order valence-electron chi connectivity index (χ1n) is 9.51. The summed E-state index contributed by atoms with van der Waals surface area (Å²) in [6.07, 6.45) is 2.43. The number of anilines is 1. The first kappa shape index (κ1) is 18.4. The number of rotatable bonds is 5. The molecule has 2 aromatic rings. The number of nitrogens with zero attached hydrogens (tertiary/aromatic N) is 2. The Labute approximate surface area is 163 Å². The van der Waals surface area contributed by atoms with Gasteiger partial charge in [-0.1, -0.05) is 18.2 Å². The van der Waals surface area contributed by atoms with E-state index in [0.29, 0.717) is 42.8 Å². The molecule has 0 saturated carbocycles. The number of ether oxygens (including phenoxy) is 1. The topological polar surface area (TPSA) is 66.9 Å². The van der Waals surface area contributed by atoms with Gasteiger partial charge in [0.1, 0.15) is 0 Å². The van der Waals surface area contributed by atoms with Gasteiger partial charge in [0.2, 0.25) is 0 Å². The van der Waals surface area contributed by atoms with Crippen LogP contribution in [-0.2, 0) is 11.2 Å². The van der Waals surface area contributed by atoms with Crippen molar-refractivity contribution < 1.29 is 19.1 Å². The Balaban J connectivity index is 1.60. The van der Waals surface area contributed by atoms with Crippen molar-refractivity contribution in [2.45, 2.75) is 19.3 Å². The van der Waals surface area contributed by atoms with E-state index >= 15 is 0 Å². The number of imide groups is 1. The summed E-state index contributed by atoms with van der Waals surface area (Å²) >= 11 is 0. The number of hydrogen-bond acceptors (Lipinski definition) is 4. The zero-order chi connectivity index (χ0) is 19.7. The molecule has 0 fully saturated rings. The number of hydrogen-bond donors (Lipinski definition) is 0. The minimum absolute atomic E-state index is 0.145. The predicted molar refractivity (Wildman–Crippen MR) is 105 cm³/mol. The van der Waals surface area contributed by atoms with E-state index < -0.39 is 0 Å². The summed E-state index contributed by atoms with van der Waals surface area (Å²) in [4.78, 5) is 41.3. The highest BCUT2D eigenvalue weighted by Crippen LogP contribution is 2.30. The lowest BCUT2D eigenvalue weighted by Crippen LogP contribution is -2.35. The Hall–Kier alpha value is -2.99. The summed E-state index contributed by atoms with van der Waals surface area (Å²) in [6.45, 7) is 1.43. The average molecular weight is 378 g/mol. The number of aryl methyl sites for hydroxylation is 1. The standard InChI is InChI=1S/C22H22N2O4/c1-28-13-5-12-24-21(26)17-10-9-16(14-18(17)22(24)27)20(25)23-11-4-7-15-6-2-3-8-19(15)23/h2-3,6,8-10,14H,4-5,7,11-13H2,1H3. The number of carbonyl (C=O) groups is 3. The molecule has 0 saturated heterocycles. The van der Waals surface area contributed by atoms with E-state index in [1.807, 2.05) is 24.3 Å². The van der Waals surface area contributed by atoms with Gasteiger partial charge in [0.25, 0.3) is 17.7 Å². The number of amides is 3. The fourth-order valence-electron chi connectivity index (χ4n) is 3.89. The van der Waals surface area contributed by atoms with Crippen LogP contribution in [0.4, 0.5) is 5.69 Å². The molecule has 0 unspecified atom stereocenters. The lowest BCUT2D eigenvalue weighted by atomic mass is 9.99. The smallest absolute Gasteiger partial charge is 0.261 e.